The average molecular weight is 334 g/mol. The van der Waals surface area contributed by atoms with Crippen LogP contribution in [0.15, 0.2) is 60.9 Å². The smallest absolute Gasteiger partial charge is 0.231 e. The van der Waals surface area contributed by atoms with E-state index >= 15 is 0 Å². The SMILES string of the molecule is CN(c1ccccc1)c1cc(NCc2ccc3c(c2)OCO3)ncn1. The molecule has 0 fully saturated rings. The third-order valence-electron chi connectivity index (χ3n) is 4.05. The molecule has 1 N–H and O–H groups in total. The minimum absolute atomic E-state index is 0.285. The normalized spacial score (nSPS) is 12.0. The Kier molecular flexibility index (Phi) is 4.08. The van der Waals surface area contributed by atoms with Crippen molar-refractivity contribution in [1.29, 1.82) is 0 Å². The summed E-state index contributed by atoms with van der Waals surface area (Å²) < 4.78 is 10.7. The number of hydrogen-bond donors (Lipinski definition) is 1. The Labute approximate surface area is 146 Å². The van der Waals surface area contributed by atoms with E-state index in [1.807, 2.05) is 66.5 Å². The molecule has 25 heavy (non-hydrogen) atoms. The van der Waals surface area contributed by atoms with E-state index < -0.39 is 0 Å². The lowest BCUT2D eigenvalue weighted by Gasteiger charge is -2.18. The monoisotopic (exact) mass is 334 g/mol. The standard InChI is InChI=1S/C19H18N4O2/c1-23(15-5-3-2-4-6-15)19-10-18(21-12-22-19)20-11-14-7-8-16-17(9-14)25-13-24-16/h2-10,12H,11,13H2,1H3,(H,20,21,22). The molecule has 1 aromatic heterocycles. The number of hydrogen-bond acceptors (Lipinski definition) is 6. The maximum absolute atomic E-state index is 5.41. The summed E-state index contributed by atoms with van der Waals surface area (Å²) in [4.78, 5) is 10.7. The Morgan fingerprint density at radius 1 is 1.00 bits per heavy atom. The number of ether oxygens (including phenoxy) is 2. The van der Waals surface area contributed by atoms with Gasteiger partial charge in [-0.3, -0.25) is 0 Å². The molecule has 0 saturated carbocycles. The maximum atomic E-state index is 5.41. The van der Waals surface area contributed by atoms with Gasteiger partial charge in [-0.1, -0.05) is 24.3 Å². The predicted molar refractivity (Wildman–Crippen MR) is 96.4 cm³/mol. The van der Waals surface area contributed by atoms with Crippen LogP contribution in [0.2, 0.25) is 0 Å². The van der Waals surface area contributed by atoms with E-state index in [1.54, 1.807) is 6.33 Å². The van der Waals surface area contributed by atoms with Gasteiger partial charge in [0.05, 0.1) is 0 Å². The van der Waals surface area contributed by atoms with Crippen LogP contribution in [0.1, 0.15) is 5.56 Å². The minimum atomic E-state index is 0.285. The van der Waals surface area contributed by atoms with Crippen LogP contribution in [0.3, 0.4) is 0 Å². The van der Waals surface area contributed by atoms with E-state index in [2.05, 4.69) is 15.3 Å². The van der Waals surface area contributed by atoms with Gasteiger partial charge in [-0.15, -0.1) is 0 Å². The number of aromatic nitrogens is 2. The average Bonchev–Trinajstić information content (AvgIpc) is 3.14. The molecule has 4 rings (SSSR count). The van der Waals surface area contributed by atoms with Crippen LogP contribution >= 0.6 is 0 Å². The number of fused-ring (bicyclic) bond motifs is 1. The van der Waals surface area contributed by atoms with Crippen LogP contribution in [0.25, 0.3) is 0 Å². The van der Waals surface area contributed by atoms with Crippen molar-refractivity contribution in [3.05, 3.63) is 66.5 Å². The zero-order valence-corrected chi connectivity index (χ0v) is 13.8. The highest BCUT2D eigenvalue weighted by atomic mass is 16.7. The van der Waals surface area contributed by atoms with Gasteiger partial charge in [0.25, 0.3) is 0 Å². The summed E-state index contributed by atoms with van der Waals surface area (Å²) in [5, 5.41) is 3.32. The molecular formula is C19H18N4O2. The second kappa shape index (κ2) is 6.68. The van der Waals surface area contributed by atoms with Crippen molar-refractivity contribution in [1.82, 2.24) is 9.97 Å². The van der Waals surface area contributed by atoms with Crippen molar-refractivity contribution in [2.75, 3.05) is 24.1 Å². The van der Waals surface area contributed by atoms with Crippen LogP contribution in [-0.4, -0.2) is 23.8 Å². The van der Waals surface area contributed by atoms with Crippen LogP contribution < -0.4 is 19.7 Å². The molecule has 1 aliphatic rings. The second-order valence-electron chi connectivity index (χ2n) is 5.70. The molecule has 2 heterocycles. The molecule has 0 spiro atoms. The van der Waals surface area contributed by atoms with Gasteiger partial charge in [0.1, 0.15) is 18.0 Å². The van der Waals surface area contributed by atoms with E-state index in [4.69, 9.17) is 9.47 Å². The fourth-order valence-electron chi connectivity index (χ4n) is 2.65. The first-order valence-corrected chi connectivity index (χ1v) is 8.03. The largest absolute Gasteiger partial charge is 0.454 e. The van der Waals surface area contributed by atoms with Crippen LogP contribution in [0.4, 0.5) is 17.3 Å². The summed E-state index contributed by atoms with van der Waals surface area (Å²) in [6.45, 7) is 0.926. The van der Waals surface area contributed by atoms with Crippen LogP contribution in [0.5, 0.6) is 11.5 Å². The number of anilines is 3. The quantitative estimate of drug-likeness (QED) is 0.769. The molecule has 0 saturated heterocycles. The lowest BCUT2D eigenvalue weighted by Crippen LogP contribution is -2.12. The molecule has 0 bridgehead atoms. The van der Waals surface area contributed by atoms with Gasteiger partial charge in [-0.05, 0) is 29.8 Å². The van der Waals surface area contributed by atoms with Crippen molar-refractivity contribution in [2.24, 2.45) is 0 Å². The molecule has 1 aliphatic heterocycles. The number of nitrogens with zero attached hydrogens (tertiary/aromatic N) is 3. The lowest BCUT2D eigenvalue weighted by atomic mass is 10.2. The first-order valence-electron chi connectivity index (χ1n) is 8.03. The molecule has 0 amide bonds. The molecule has 0 atom stereocenters. The lowest BCUT2D eigenvalue weighted by molar-refractivity contribution is 0.174. The second-order valence-corrected chi connectivity index (χ2v) is 5.70. The summed E-state index contributed by atoms with van der Waals surface area (Å²) >= 11 is 0. The molecule has 0 unspecified atom stereocenters. The highest BCUT2D eigenvalue weighted by Crippen LogP contribution is 2.32. The van der Waals surface area contributed by atoms with E-state index in [9.17, 15) is 0 Å². The number of rotatable bonds is 5. The van der Waals surface area contributed by atoms with Crippen LogP contribution in [-0.2, 0) is 6.54 Å². The van der Waals surface area contributed by atoms with E-state index in [1.165, 1.54) is 0 Å². The third-order valence-corrected chi connectivity index (χ3v) is 4.05. The summed E-state index contributed by atoms with van der Waals surface area (Å²) in [5.41, 5.74) is 2.17. The molecule has 6 nitrogen and oxygen atoms in total. The molecule has 3 aromatic rings. The Morgan fingerprint density at radius 2 is 1.84 bits per heavy atom. The molecule has 2 aromatic carbocycles. The molecule has 0 radical (unpaired) electrons. The number of para-hydroxylation sites is 1. The minimum Gasteiger partial charge on any atom is -0.454 e. The van der Waals surface area contributed by atoms with Gasteiger partial charge in [-0.2, -0.15) is 0 Å². The Hall–Kier alpha value is -3.28. The third kappa shape index (κ3) is 3.33. The van der Waals surface area contributed by atoms with E-state index in [0.29, 0.717) is 6.54 Å². The fraction of sp³-hybridized carbons (Fsp3) is 0.158. The Morgan fingerprint density at radius 3 is 2.72 bits per heavy atom. The first-order chi connectivity index (χ1) is 12.3. The molecular weight excluding hydrogens is 316 g/mol. The summed E-state index contributed by atoms with van der Waals surface area (Å²) in [6, 6.07) is 17.9. The summed E-state index contributed by atoms with van der Waals surface area (Å²) in [6.07, 6.45) is 1.57. The molecule has 6 heteroatoms. The highest BCUT2D eigenvalue weighted by Gasteiger charge is 2.13. The van der Waals surface area contributed by atoms with Crippen molar-refractivity contribution in [3.8, 4) is 11.5 Å². The van der Waals surface area contributed by atoms with Gasteiger partial charge in [0.2, 0.25) is 6.79 Å². The van der Waals surface area contributed by atoms with Crippen molar-refractivity contribution < 1.29 is 9.47 Å². The fourth-order valence-corrected chi connectivity index (χ4v) is 2.65. The van der Waals surface area contributed by atoms with Crippen molar-refractivity contribution in [2.45, 2.75) is 6.54 Å². The van der Waals surface area contributed by atoms with Gasteiger partial charge in [0.15, 0.2) is 11.5 Å². The van der Waals surface area contributed by atoms with Crippen LogP contribution in [0, 0.1) is 0 Å². The first kappa shape index (κ1) is 15.3. The highest BCUT2D eigenvalue weighted by molar-refractivity contribution is 5.61. The molecule has 126 valence electrons. The Balaban J connectivity index is 1.46. The van der Waals surface area contributed by atoms with E-state index in [0.717, 1.165) is 34.4 Å². The van der Waals surface area contributed by atoms with Gasteiger partial charge >= 0.3 is 0 Å². The zero-order chi connectivity index (χ0) is 17.1. The van der Waals surface area contributed by atoms with Gasteiger partial charge in [-0.25, -0.2) is 9.97 Å². The van der Waals surface area contributed by atoms with Gasteiger partial charge in [0, 0.05) is 25.3 Å². The van der Waals surface area contributed by atoms with Gasteiger partial charge < -0.3 is 19.7 Å². The molecule has 0 aliphatic carbocycles. The maximum Gasteiger partial charge on any atom is 0.231 e. The topological polar surface area (TPSA) is 59.5 Å². The summed E-state index contributed by atoms with van der Waals surface area (Å²) in [5.74, 6) is 3.17. The van der Waals surface area contributed by atoms with Crippen molar-refractivity contribution in [3.63, 3.8) is 0 Å². The van der Waals surface area contributed by atoms with E-state index in [-0.39, 0.29) is 6.79 Å². The number of benzene rings is 2. The van der Waals surface area contributed by atoms with Crippen molar-refractivity contribution >= 4 is 17.3 Å². The number of nitrogens with one attached hydrogen (secondary N) is 1. The summed E-state index contributed by atoms with van der Waals surface area (Å²) in [7, 11) is 1.99. The predicted octanol–water partition coefficient (Wildman–Crippen LogP) is 3.59. The Bertz CT molecular complexity index is 870. The zero-order valence-electron chi connectivity index (χ0n) is 13.8.